The van der Waals surface area contributed by atoms with Crippen molar-refractivity contribution in [1.29, 1.82) is 0 Å². The summed E-state index contributed by atoms with van der Waals surface area (Å²) in [6.45, 7) is 3.08. The lowest BCUT2D eigenvalue weighted by molar-refractivity contribution is 0.626. The molecule has 3 heteroatoms. The van der Waals surface area contributed by atoms with E-state index in [1.807, 2.05) is 4.68 Å². The van der Waals surface area contributed by atoms with Crippen molar-refractivity contribution in [2.75, 3.05) is 0 Å². The number of rotatable bonds is 1. The number of nitrogens with zero attached hydrogens (tertiary/aromatic N) is 2. The maximum Gasteiger partial charge on any atom is 0.107 e. The predicted octanol–water partition coefficient (Wildman–Crippen LogP) is 2.15. The molecule has 2 rings (SSSR count). The monoisotopic (exact) mass is 214 g/mol. The molecule has 0 spiro atoms. The van der Waals surface area contributed by atoms with E-state index in [4.69, 9.17) is 0 Å². The Morgan fingerprint density at radius 2 is 2.36 bits per heavy atom. The molecule has 0 aromatic carbocycles. The van der Waals surface area contributed by atoms with Crippen molar-refractivity contribution in [2.24, 2.45) is 0 Å². The Bertz CT molecular complexity index is 277. The summed E-state index contributed by atoms with van der Waals surface area (Å²) in [6.07, 6.45) is 3.65. The third-order valence-corrected chi connectivity index (χ3v) is 3.09. The standard InChI is InChI=1S/C8H11BrN2/c1-2-11-8(9)6-4-3-5-7(6)10-11/h2-5H2,1H3. The van der Waals surface area contributed by atoms with Crippen molar-refractivity contribution in [3.8, 4) is 0 Å². The smallest absolute Gasteiger partial charge is 0.107 e. The fourth-order valence-corrected chi connectivity index (χ4v) is 2.37. The first-order valence-electron chi connectivity index (χ1n) is 4.07. The SMILES string of the molecule is CCn1nc2c(c1Br)CCC2. The van der Waals surface area contributed by atoms with Crippen LogP contribution in [-0.2, 0) is 19.4 Å². The molecule has 1 aromatic heterocycles. The molecule has 0 atom stereocenters. The zero-order valence-electron chi connectivity index (χ0n) is 6.60. The minimum atomic E-state index is 0.966. The van der Waals surface area contributed by atoms with Gasteiger partial charge in [-0.1, -0.05) is 0 Å². The van der Waals surface area contributed by atoms with Gasteiger partial charge < -0.3 is 0 Å². The average Bonchev–Trinajstić information content (AvgIpc) is 2.53. The molecule has 0 N–H and O–H groups in total. The normalized spacial score (nSPS) is 15.5. The fraction of sp³-hybridized carbons (Fsp3) is 0.625. The molecule has 0 bridgehead atoms. The number of aromatic nitrogens is 2. The Morgan fingerprint density at radius 3 is 3.00 bits per heavy atom. The van der Waals surface area contributed by atoms with Crippen molar-refractivity contribution in [3.63, 3.8) is 0 Å². The fourth-order valence-electron chi connectivity index (χ4n) is 1.62. The minimum Gasteiger partial charge on any atom is -0.258 e. The third kappa shape index (κ3) is 1.02. The van der Waals surface area contributed by atoms with Gasteiger partial charge >= 0.3 is 0 Å². The quantitative estimate of drug-likeness (QED) is 0.701. The molecule has 0 saturated carbocycles. The van der Waals surface area contributed by atoms with Gasteiger partial charge in [0.25, 0.3) is 0 Å². The lowest BCUT2D eigenvalue weighted by atomic mass is 10.3. The summed E-state index contributed by atoms with van der Waals surface area (Å²) in [5.41, 5.74) is 2.74. The second-order valence-corrected chi connectivity index (χ2v) is 3.64. The van der Waals surface area contributed by atoms with Crippen LogP contribution < -0.4 is 0 Å². The van der Waals surface area contributed by atoms with E-state index in [1.165, 1.54) is 35.1 Å². The van der Waals surface area contributed by atoms with E-state index in [2.05, 4.69) is 28.0 Å². The molecule has 0 radical (unpaired) electrons. The van der Waals surface area contributed by atoms with Gasteiger partial charge in [0.05, 0.1) is 5.69 Å². The van der Waals surface area contributed by atoms with E-state index < -0.39 is 0 Å². The van der Waals surface area contributed by atoms with Gasteiger partial charge in [-0.05, 0) is 42.1 Å². The number of hydrogen-bond acceptors (Lipinski definition) is 1. The van der Waals surface area contributed by atoms with Gasteiger partial charge in [-0.15, -0.1) is 0 Å². The lowest BCUT2D eigenvalue weighted by Gasteiger charge is -1.97. The summed E-state index contributed by atoms with van der Waals surface area (Å²) in [6, 6.07) is 0. The van der Waals surface area contributed by atoms with Crippen molar-refractivity contribution in [3.05, 3.63) is 15.9 Å². The minimum absolute atomic E-state index is 0.966. The molecule has 11 heavy (non-hydrogen) atoms. The van der Waals surface area contributed by atoms with Gasteiger partial charge in [-0.3, -0.25) is 4.68 Å². The summed E-state index contributed by atoms with van der Waals surface area (Å²) in [5.74, 6) is 0. The zero-order valence-corrected chi connectivity index (χ0v) is 8.19. The van der Waals surface area contributed by atoms with Gasteiger partial charge in [0.2, 0.25) is 0 Å². The Labute approximate surface area is 74.7 Å². The van der Waals surface area contributed by atoms with Crippen LogP contribution in [0.2, 0.25) is 0 Å². The van der Waals surface area contributed by atoms with E-state index in [-0.39, 0.29) is 0 Å². The van der Waals surface area contributed by atoms with Gasteiger partial charge in [0.1, 0.15) is 4.60 Å². The first-order chi connectivity index (χ1) is 5.33. The number of aryl methyl sites for hydroxylation is 2. The molecule has 2 nitrogen and oxygen atoms in total. The molecule has 60 valence electrons. The highest BCUT2D eigenvalue weighted by atomic mass is 79.9. The number of halogens is 1. The highest BCUT2D eigenvalue weighted by Gasteiger charge is 2.19. The maximum absolute atomic E-state index is 4.48. The van der Waals surface area contributed by atoms with Crippen LogP contribution in [0.25, 0.3) is 0 Å². The molecule has 0 amide bonds. The summed E-state index contributed by atoms with van der Waals surface area (Å²) in [7, 11) is 0. The number of fused-ring (bicyclic) bond motifs is 1. The average molecular weight is 215 g/mol. The molecule has 1 aliphatic rings. The first kappa shape index (κ1) is 7.35. The molecule has 0 unspecified atom stereocenters. The first-order valence-corrected chi connectivity index (χ1v) is 4.86. The Kier molecular flexibility index (Phi) is 1.75. The Morgan fingerprint density at radius 1 is 1.55 bits per heavy atom. The molecule has 0 aliphatic heterocycles. The van der Waals surface area contributed by atoms with E-state index in [9.17, 15) is 0 Å². The van der Waals surface area contributed by atoms with Crippen LogP contribution in [0.1, 0.15) is 24.6 Å². The summed E-state index contributed by atoms with van der Waals surface area (Å²) >= 11 is 3.56. The molecular formula is C8H11BrN2. The van der Waals surface area contributed by atoms with Gasteiger partial charge in [-0.2, -0.15) is 5.10 Å². The largest absolute Gasteiger partial charge is 0.258 e. The molecular weight excluding hydrogens is 204 g/mol. The topological polar surface area (TPSA) is 17.8 Å². The zero-order chi connectivity index (χ0) is 7.84. The van der Waals surface area contributed by atoms with Crippen LogP contribution >= 0.6 is 15.9 Å². The lowest BCUT2D eigenvalue weighted by Crippen LogP contribution is -1.98. The van der Waals surface area contributed by atoms with Crippen LogP contribution in [0.3, 0.4) is 0 Å². The van der Waals surface area contributed by atoms with Crippen LogP contribution in [0, 0.1) is 0 Å². The van der Waals surface area contributed by atoms with Gasteiger partial charge in [0, 0.05) is 12.1 Å². The second-order valence-electron chi connectivity index (χ2n) is 2.89. The van der Waals surface area contributed by atoms with E-state index in [1.54, 1.807) is 0 Å². The highest BCUT2D eigenvalue weighted by Crippen LogP contribution is 2.28. The summed E-state index contributed by atoms with van der Waals surface area (Å²) in [5, 5.41) is 4.48. The van der Waals surface area contributed by atoms with Crippen LogP contribution in [0.5, 0.6) is 0 Å². The molecule has 1 heterocycles. The van der Waals surface area contributed by atoms with E-state index in [0.717, 1.165) is 6.54 Å². The number of hydrogen-bond donors (Lipinski definition) is 0. The molecule has 0 fully saturated rings. The van der Waals surface area contributed by atoms with Crippen LogP contribution in [-0.4, -0.2) is 9.78 Å². The predicted molar refractivity (Wildman–Crippen MR) is 47.6 cm³/mol. The molecule has 1 aliphatic carbocycles. The van der Waals surface area contributed by atoms with Crippen LogP contribution in [0.4, 0.5) is 0 Å². The van der Waals surface area contributed by atoms with E-state index in [0.29, 0.717) is 0 Å². The van der Waals surface area contributed by atoms with E-state index >= 15 is 0 Å². The molecule has 0 saturated heterocycles. The summed E-state index contributed by atoms with van der Waals surface area (Å²) in [4.78, 5) is 0. The second kappa shape index (κ2) is 2.63. The van der Waals surface area contributed by atoms with Gasteiger partial charge in [-0.25, -0.2) is 0 Å². The van der Waals surface area contributed by atoms with Gasteiger partial charge in [0.15, 0.2) is 0 Å². The third-order valence-electron chi connectivity index (χ3n) is 2.21. The Hall–Kier alpha value is -0.310. The van der Waals surface area contributed by atoms with Crippen molar-refractivity contribution >= 4 is 15.9 Å². The highest BCUT2D eigenvalue weighted by molar-refractivity contribution is 9.10. The van der Waals surface area contributed by atoms with Crippen molar-refractivity contribution < 1.29 is 0 Å². The van der Waals surface area contributed by atoms with Crippen LogP contribution in [0.15, 0.2) is 4.60 Å². The summed E-state index contributed by atoms with van der Waals surface area (Å²) < 4.78 is 3.23. The maximum atomic E-state index is 4.48. The molecule has 1 aromatic rings. The van der Waals surface area contributed by atoms with Crippen molar-refractivity contribution in [1.82, 2.24) is 9.78 Å². The van der Waals surface area contributed by atoms with Crippen molar-refractivity contribution in [2.45, 2.75) is 32.7 Å². The Balaban J connectivity index is 2.49.